The van der Waals surface area contributed by atoms with Crippen molar-refractivity contribution in [1.29, 1.82) is 0 Å². The quantitative estimate of drug-likeness (QED) is 0.743. The molecule has 1 atom stereocenters. The SMILES string of the molecule is CCn1cccc1CNCC(C)(O)CN(C)C. The number of nitrogens with zero attached hydrogens (tertiary/aromatic N) is 2. The number of likely N-dealkylation sites (N-methyl/N-ethyl adjacent to an activating group) is 1. The van der Waals surface area contributed by atoms with E-state index >= 15 is 0 Å². The molecular formula is C13H25N3O. The Morgan fingerprint density at radius 1 is 1.47 bits per heavy atom. The first-order chi connectivity index (χ1) is 7.94. The van der Waals surface area contributed by atoms with Crippen LogP contribution in [0.15, 0.2) is 18.3 Å². The van der Waals surface area contributed by atoms with E-state index in [2.05, 4.69) is 35.1 Å². The molecule has 1 unspecified atom stereocenters. The summed E-state index contributed by atoms with van der Waals surface area (Å²) in [7, 11) is 3.94. The Morgan fingerprint density at radius 3 is 2.76 bits per heavy atom. The number of aliphatic hydroxyl groups is 1. The summed E-state index contributed by atoms with van der Waals surface area (Å²) in [5.41, 5.74) is 0.570. The highest BCUT2D eigenvalue weighted by Crippen LogP contribution is 2.05. The van der Waals surface area contributed by atoms with Crippen molar-refractivity contribution in [3.8, 4) is 0 Å². The van der Waals surface area contributed by atoms with Crippen LogP contribution < -0.4 is 5.32 Å². The molecule has 0 saturated carbocycles. The lowest BCUT2D eigenvalue weighted by atomic mass is 10.1. The van der Waals surface area contributed by atoms with Gasteiger partial charge in [-0.3, -0.25) is 0 Å². The summed E-state index contributed by atoms with van der Waals surface area (Å²) in [6.07, 6.45) is 2.08. The zero-order chi connectivity index (χ0) is 12.9. The van der Waals surface area contributed by atoms with Crippen LogP contribution in [0.3, 0.4) is 0 Å². The van der Waals surface area contributed by atoms with Gasteiger partial charge in [0.25, 0.3) is 0 Å². The molecule has 0 aliphatic rings. The van der Waals surface area contributed by atoms with Crippen molar-refractivity contribution in [1.82, 2.24) is 14.8 Å². The van der Waals surface area contributed by atoms with E-state index in [1.807, 2.05) is 25.9 Å². The fourth-order valence-electron chi connectivity index (χ4n) is 2.12. The van der Waals surface area contributed by atoms with Gasteiger partial charge in [0, 0.05) is 38.1 Å². The zero-order valence-corrected chi connectivity index (χ0v) is 11.4. The summed E-state index contributed by atoms with van der Waals surface area (Å²) in [6.45, 7) is 7.03. The molecule has 4 heteroatoms. The van der Waals surface area contributed by atoms with E-state index in [0.717, 1.165) is 13.1 Å². The number of nitrogens with one attached hydrogen (secondary N) is 1. The van der Waals surface area contributed by atoms with Gasteiger partial charge in [-0.2, -0.15) is 0 Å². The number of aryl methyl sites for hydroxylation is 1. The average molecular weight is 239 g/mol. The molecule has 0 radical (unpaired) electrons. The van der Waals surface area contributed by atoms with Crippen LogP contribution in [0.2, 0.25) is 0 Å². The van der Waals surface area contributed by atoms with Gasteiger partial charge in [0.05, 0.1) is 5.60 Å². The Labute approximate surface area is 104 Å². The summed E-state index contributed by atoms with van der Waals surface area (Å²) in [5.74, 6) is 0. The van der Waals surface area contributed by atoms with Gasteiger partial charge in [-0.15, -0.1) is 0 Å². The van der Waals surface area contributed by atoms with Crippen LogP contribution in [-0.2, 0) is 13.1 Å². The van der Waals surface area contributed by atoms with E-state index in [1.165, 1.54) is 5.69 Å². The van der Waals surface area contributed by atoms with E-state index < -0.39 is 5.60 Å². The summed E-state index contributed by atoms with van der Waals surface area (Å²) >= 11 is 0. The van der Waals surface area contributed by atoms with Gasteiger partial charge in [-0.05, 0) is 40.1 Å². The highest BCUT2D eigenvalue weighted by Gasteiger charge is 2.20. The Bertz CT molecular complexity index is 331. The Hall–Kier alpha value is -0.840. The molecule has 1 aromatic heterocycles. The predicted octanol–water partition coefficient (Wildman–Crippen LogP) is 0.910. The largest absolute Gasteiger partial charge is 0.388 e. The molecule has 1 heterocycles. The van der Waals surface area contributed by atoms with E-state index in [4.69, 9.17) is 0 Å². The van der Waals surface area contributed by atoms with E-state index in [9.17, 15) is 5.11 Å². The van der Waals surface area contributed by atoms with Gasteiger partial charge < -0.3 is 19.9 Å². The van der Waals surface area contributed by atoms with Crippen LogP contribution in [0.1, 0.15) is 19.5 Å². The maximum Gasteiger partial charge on any atom is 0.0869 e. The third kappa shape index (κ3) is 4.89. The molecule has 2 N–H and O–H groups in total. The standard InChI is InChI=1S/C13H25N3O/c1-5-16-8-6-7-12(16)9-14-10-13(2,17)11-15(3)4/h6-8,14,17H,5,9-11H2,1-4H3. The first kappa shape index (κ1) is 14.2. The van der Waals surface area contributed by atoms with Crippen molar-refractivity contribution in [3.05, 3.63) is 24.0 Å². The van der Waals surface area contributed by atoms with Crippen LogP contribution >= 0.6 is 0 Å². The van der Waals surface area contributed by atoms with Crippen molar-refractivity contribution in [2.24, 2.45) is 0 Å². The lowest BCUT2D eigenvalue weighted by Gasteiger charge is -2.27. The minimum absolute atomic E-state index is 0.597. The fourth-order valence-corrected chi connectivity index (χ4v) is 2.12. The second-order valence-electron chi connectivity index (χ2n) is 5.12. The van der Waals surface area contributed by atoms with Crippen molar-refractivity contribution in [3.63, 3.8) is 0 Å². The molecule has 17 heavy (non-hydrogen) atoms. The minimum Gasteiger partial charge on any atom is -0.388 e. The van der Waals surface area contributed by atoms with Crippen molar-refractivity contribution in [2.45, 2.75) is 32.5 Å². The number of aromatic nitrogens is 1. The minimum atomic E-state index is -0.687. The Kier molecular flexibility index (Phi) is 5.18. The summed E-state index contributed by atoms with van der Waals surface area (Å²) in [6, 6.07) is 4.16. The maximum absolute atomic E-state index is 10.1. The second-order valence-corrected chi connectivity index (χ2v) is 5.12. The third-order valence-corrected chi connectivity index (χ3v) is 2.73. The van der Waals surface area contributed by atoms with E-state index in [1.54, 1.807) is 0 Å². The maximum atomic E-state index is 10.1. The summed E-state index contributed by atoms with van der Waals surface area (Å²) in [4.78, 5) is 2.00. The molecule has 0 amide bonds. The van der Waals surface area contributed by atoms with Crippen LogP contribution in [0, 0.1) is 0 Å². The van der Waals surface area contributed by atoms with Gasteiger partial charge in [-0.1, -0.05) is 0 Å². The zero-order valence-electron chi connectivity index (χ0n) is 11.4. The van der Waals surface area contributed by atoms with Crippen LogP contribution in [0.4, 0.5) is 0 Å². The van der Waals surface area contributed by atoms with Gasteiger partial charge >= 0.3 is 0 Å². The molecule has 0 aliphatic heterocycles. The van der Waals surface area contributed by atoms with Gasteiger partial charge in [0.2, 0.25) is 0 Å². The first-order valence-electron chi connectivity index (χ1n) is 6.16. The van der Waals surface area contributed by atoms with Gasteiger partial charge in [0.1, 0.15) is 0 Å². The third-order valence-electron chi connectivity index (χ3n) is 2.73. The van der Waals surface area contributed by atoms with Crippen LogP contribution in [-0.4, -0.2) is 47.4 Å². The van der Waals surface area contributed by atoms with E-state index in [-0.39, 0.29) is 0 Å². The molecule has 0 aromatic carbocycles. The van der Waals surface area contributed by atoms with Gasteiger partial charge in [-0.25, -0.2) is 0 Å². The number of hydrogen-bond acceptors (Lipinski definition) is 3. The second kappa shape index (κ2) is 6.19. The Balaban J connectivity index is 2.37. The predicted molar refractivity (Wildman–Crippen MR) is 71.0 cm³/mol. The van der Waals surface area contributed by atoms with Crippen molar-refractivity contribution < 1.29 is 5.11 Å². The molecule has 0 aliphatic carbocycles. The molecule has 0 saturated heterocycles. The molecule has 0 bridgehead atoms. The lowest BCUT2D eigenvalue weighted by molar-refractivity contribution is 0.0335. The topological polar surface area (TPSA) is 40.4 Å². The monoisotopic (exact) mass is 239 g/mol. The fraction of sp³-hybridized carbons (Fsp3) is 0.692. The molecule has 0 fully saturated rings. The molecular weight excluding hydrogens is 214 g/mol. The number of hydrogen-bond donors (Lipinski definition) is 2. The lowest BCUT2D eigenvalue weighted by Crippen LogP contribution is -2.45. The molecule has 1 aromatic rings. The molecule has 98 valence electrons. The summed E-state index contributed by atoms with van der Waals surface area (Å²) < 4.78 is 2.20. The van der Waals surface area contributed by atoms with E-state index in [0.29, 0.717) is 13.1 Å². The van der Waals surface area contributed by atoms with Crippen LogP contribution in [0.25, 0.3) is 0 Å². The normalized spacial score (nSPS) is 15.2. The highest BCUT2D eigenvalue weighted by atomic mass is 16.3. The smallest absolute Gasteiger partial charge is 0.0869 e. The van der Waals surface area contributed by atoms with Crippen molar-refractivity contribution >= 4 is 0 Å². The Morgan fingerprint density at radius 2 is 2.18 bits per heavy atom. The van der Waals surface area contributed by atoms with Crippen molar-refractivity contribution in [2.75, 3.05) is 27.2 Å². The first-order valence-corrected chi connectivity index (χ1v) is 6.16. The molecule has 1 rings (SSSR count). The number of rotatable bonds is 7. The molecule has 0 spiro atoms. The average Bonchev–Trinajstić information content (AvgIpc) is 2.62. The van der Waals surface area contributed by atoms with Gasteiger partial charge in [0.15, 0.2) is 0 Å². The summed E-state index contributed by atoms with van der Waals surface area (Å²) in [5, 5.41) is 13.4. The highest BCUT2D eigenvalue weighted by molar-refractivity contribution is 5.06. The molecule has 4 nitrogen and oxygen atoms in total. The van der Waals surface area contributed by atoms with Crippen LogP contribution in [0.5, 0.6) is 0 Å².